The first kappa shape index (κ1) is 32.8. The topological polar surface area (TPSA) is 29.5 Å². The number of benzene rings is 9. The predicted molar refractivity (Wildman–Crippen MR) is 245 cm³/mol. The van der Waals surface area contributed by atoms with Crippen molar-refractivity contribution in [2.24, 2.45) is 0 Å². The molecule has 0 saturated carbocycles. The van der Waals surface area contributed by atoms with Crippen molar-refractivity contribution in [1.82, 2.24) is 0 Å². The average Bonchev–Trinajstić information content (AvgIpc) is 3.99. The molecule has 3 aromatic heterocycles. The van der Waals surface area contributed by atoms with Gasteiger partial charge in [0.15, 0.2) is 5.58 Å². The van der Waals surface area contributed by atoms with Crippen LogP contribution in [0, 0.1) is 0 Å². The van der Waals surface area contributed by atoms with Crippen molar-refractivity contribution in [1.29, 1.82) is 0 Å². The molecule has 0 radical (unpaired) electrons. The van der Waals surface area contributed by atoms with Gasteiger partial charge >= 0.3 is 0 Å². The Bertz CT molecular complexity index is 3500. The Labute approximate surface area is 338 Å². The first-order valence-electron chi connectivity index (χ1n) is 19.6. The van der Waals surface area contributed by atoms with E-state index in [9.17, 15) is 0 Å². The second-order valence-corrected chi connectivity index (χ2v) is 15.9. The first-order chi connectivity index (χ1) is 28.7. The van der Waals surface area contributed by atoms with E-state index in [1.54, 1.807) is 0 Å². The standard InChI is InChI=1S/C54H33NO2S/c1-2-11-37(12-3-1)40-15-8-16-43-44-17-9-19-47(53(44)57-52(40)43)55(48-20-10-18-45-42-14-5-7-22-51(42)58-54(45)48)39-30-27-35(28-31-39)34-23-25-36(26-24-34)38-29-32-50-46(33-38)41-13-4-6-21-49(41)56-50/h1-33H. The minimum absolute atomic E-state index is 0.861. The summed E-state index contributed by atoms with van der Waals surface area (Å²) < 4.78 is 15.6. The largest absolute Gasteiger partial charge is 0.456 e. The predicted octanol–water partition coefficient (Wildman–Crippen LogP) is 16.3. The molecular formula is C54H33NO2S. The van der Waals surface area contributed by atoms with E-state index in [0.717, 1.165) is 83.2 Å². The SMILES string of the molecule is c1ccc(-c2cccc3c2oc2c(N(c4ccc(-c5ccc(-c6ccc7oc8ccccc8c7c6)cc5)cc4)c4cccc5c4sc4ccccc45)cccc23)cc1. The zero-order chi connectivity index (χ0) is 38.2. The summed E-state index contributed by atoms with van der Waals surface area (Å²) in [4.78, 5) is 2.38. The fraction of sp³-hybridized carbons (Fsp3) is 0. The molecule has 9 aromatic carbocycles. The molecule has 0 saturated heterocycles. The van der Waals surface area contributed by atoms with Crippen LogP contribution in [0.2, 0.25) is 0 Å². The molecule has 0 bridgehead atoms. The lowest BCUT2D eigenvalue weighted by atomic mass is 9.99. The van der Waals surface area contributed by atoms with Gasteiger partial charge in [0, 0.05) is 48.3 Å². The lowest BCUT2D eigenvalue weighted by Crippen LogP contribution is -2.10. The minimum atomic E-state index is 0.861. The molecule has 3 heterocycles. The van der Waals surface area contributed by atoms with Gasteiger partial charge in [0.1, 0.15) is 16.7 Å². The molecule has 58 heavy (non-hydrogen) atoms. The Kier molecular flexibility index (Phi) is 7.40. The molecule has 0 atom stereocenters. The maximum atomic E-state index is 7.00. The number of hydrogen-bond acceptors (Lipinski definition) is 4. The smallest absolute Gasteiger partial charge is 0.159 e. The van der Waals surface area contributed by atoms with Gasteiger partial charge < -0.3 is 13.7 Å². The number of rotatable bonds is 6. The van der Waals surface area contributed by atoms with Crippen LogP contribution in [0.25, 0.3) is 97.4 Å². The van der Waals surface area contributed by atoms with Gasteiger partial charge in [0.25, 0.3) is 0 Å². The van der Waals surface area contributed by atoms with E-state index in [2.05, 4.69) is 193 Å². The zero-order valence-corrected chi connectivity index (χ0v) is 32.0. The molecule has 0 spiro atoms. The van der Waals surface area contributed by atoms with Gasteiger partial charge in [0.2, 0.25) is 0 Å². The van der Waals surface area contributed by atoms with Crippen LogP contribution in [-0.4, -0.2) is 0 Å². The van der Waals surface area contributed by atoms with Crippen LogP contribution in [-0.2, 0) is 0 Å². The van der Waals surface area contributed by atoms with E-state index >= 15 is 0 Å². The highest BCUT2D eigenvalue weighted by Gasteiger charge is 2.23. The molecule has 0 N–H and O–H groups in total. The summed E-state index contributed by atoms with van der Waals surface area (Å²) in [7, 11) is 0. The maximum Gasteiger partial charge on any atom is 0.159 e. The summed E-state index contributed by atoms with van der Waals surface area (Å²) in [6, 6.07) is 71.4. The normalized spacial score (nSPS) is 11.8. The quantitative estimate of drug-likeness (QED) is 0.169. The third-order valence-electron chi connectivity index (χ3n) is 11.5. The summed E-state index contributed by atoms with van der Waals surface area (Å²) in [5, 5.41) is 7.00. The molecule has 0 amide bonds. The number of nitrogens with zero attached hydrogens (tertiary/aromatic N) is 1. The van der Waals surface area contributed by atoms with Crippen LogP contribution < -0.4 is 4.90 Å². The van der Waals surface area contributed by atoms with Crippen molar-refractivity contribution in [2.75, 3.05) is 4.90 Å². The van der Waals surface area contributed by atoms with Crippen LogP contribution in [0.15, 0.2) is 209 Å². The lowest BCUT2D eigenvalue weighted by molar-refractivity contribution is 0.669. The summed E-state index contributed by atoms with van der Waals surface area (Å²) in [5.74, 6) is 0. The Morgan fingerprint density at radius 1 is 0.345 bits per heavy atom. The molecule has 12 rings (SSSR count). The van der Waals surface area contributed by atoms with Crippen molar-refractivity contribution in [3.8, 4) is 33.4 Å². The summed E-state index contributed by atoms with van der Waals surface area (Å²) in [6.45, 7) is 0. The average molecular weight is 760 g/mol. The van der Waals surface area contributed by atoms with Gasteiger partial charge in [-0.1, -0.05) is 152 Å². The van der Waals surface area contributed by atoms with E-state index in [-0.39, 0.29) is 0 Å². The van der Waals surface area contributed by atoms with Gasteiger partial charge in [-0.25, -0.2) is 0 Å². The van der Waals surface area contributed by atoms with Gasteiger partial charge in [-0.15, -0.1) is 11.3 Å². The van der Waals surface area contributed by atoms with Crippen LogP contribution in [0.4, 0.5) is 17.1 Å². The Balaban J connectivity index is 0.980. The van der Waals surface area contributed by atoms with Crippen LogP contribution in [0.1, 0.15) is 0 Å². The van der Waals surface area contributed by atoms with Crippen molar-refractivity contribution >= 4 is 92.4 Å². The van der Waals surface area contributed by atoms with Crippen molar-refractivity contribution in [3.05, 3.63) is 200 Å². The van der Waals surface area contributed by atoms with Gasteiger partial charge in [-0.3, -0.25) is 0 Å². The first-order valence-corrected chi connectivity index (χ1v) is 20.4. The van der Waals surface area contributed by atoms with E-state index < -0.39 is 0 Å². The van der Waals surface area contributed by atoms with E-state index in [4.69, 9.17) is 8.83 Å². The van der Waals surface area contributed by atoms with Crippen LogP contribution >= 0.6 is 11.3 Å². The fourth-order valence-electron chi connectivity index (χ4n) is 8.71. The van der Waals surface area contributed by atoms with E-state index in [0.29, 0.717) is 0 Å². The maximum absolute atomic E-state index is 7.00. The molecule has 0 aliphatic heterocycles. The molecule has 4 heteroatoms. The molecule has 0 fully saturated rings. The van der Waals surface area contributed by atoms with Gasteiger partial charge in [-0.2, -0.15) is 0 Å². The number of anilines is 3. The van der Waals surface area contributed by atoms with Crippen LogP contribution in [0.3, 0.4) is 0 Å². The monoisotopic (exact) mass is 759 g/mol. The zero-order valence-electron chi connectivity index (χ0n) is 31.2. The second-order valence-electron chi connectivity index (χ2n) is 14.8. The number of hydrogen-bond donors (Lipinski definition) is 0. The van der Waals surface area contributed by atoms with Gasteiger partial charge in [0.05, 0.1) is 16.1 Å². The van der Waals surface area contributed by atoms with Crippen molar-refractivity contribution < 1.29 is 8.83 Å². The third-order valence-corrected chi connectivity index (χ3v) is 12.7. The molecule has 3 nitrogen and oxygen atoms in total. The molecule has 0 aliphatic carbocycles. The number of thiophene rings is 1. The Hall–Kier alpha value is -7.40. The molecule has 272 valence electrons. The van der Waals surface area contributed by atoms with E-state index in [1.807, 2.05) is 23.5 Å². The van der Waals surface area contributed by atoms with Crippen molar-refractivity contribution in [3.63, 3.8) is 0 Å². The highest BCUT2D eigenvalue weighted by Crippen LogP contribution is 2.48. The van der Waals surface area contributed by atoms with Crippen LogP contribution in [0.5, 0.6) is 0 Å². The molecule has 0 aliphatic rings. The van der Waals surface area contributed by atoms with Crippen molar-refractivity contribution in [2.45, 2.75) is 0 Å². The second kappa shape index (κ2) is 13.1. The minimum Gasteiger partial charge on any atom is -0.456 e. The molecule has 12 aromatic rings. The third kappa shape index (κ3) is 5.19. The lowest BCUT2D eigenvalue weighted by Gasteiger charge is -2.26. The van der Waals surface area contributed by atoms with E-state index in [1.165, 1.54) is 31.3 Å². The Morgan fingerprint density at radius 2 is 0.931 bits per heavy atom. The summed E-state index contributed by atoms with van der Waals surface area (Å²) in [5.41, 5.74) is 13.6. The molecular weight excluding hydrogens is 727 g/mol. The number of para-hydroxylation sites is 3. The Morgan fingerprint density at radius 3 is 1.74 bits per heavy atom. The summed E-state index contributed by atoms with van der Waals surface area (Å²) in [6.07, 6.45) is 0. The number of fused-ring (bicyclic) bond motifs is 9. The highest BCUT2D eigenvalue weighted by atomic mass is 32.1. The molecule has 0 unspecified atom stereocenters. The van der Waals surface area contributed by atoms with Gasteiger partial charge in [-0.05, 0) is 76.3 Å². The highest BCUT2D eigenvalue weighted by molar-refractivity contribution is 7.26. The fourth-order valence-corrected chi connectivity index (χ4v) is 9.91. The summed E-state index contributed by atoms with van der Waals surface area (Å²) >= 11 is 1.84. The number of furan rings is 2.